The number of carbonyl (C=O) groups is 3. The quantitative estimate of drug-likeness (QED) is 0.179. The van der Waals surface area contributed by atoms with Crippen LogP contribution in [0.15, 0.2) is 84.9 Å². The Bertz CT molecular complexity index is 1910. The lowest BCUT2D eigenvalue weighted by atomic mass is 9.82. The van der Waals surface area contributed by atoms with E-state index in [-0.39, 0.29) is 37.3 Å². The summed E-state index contributed by atoms with van der Waals surface area (Å²) in [5, 5.41) is 11.6. The lowest BCUT2D eigenvalue weighted by Gasteiger charge is -2.31. The number of hydrogen-bond donors (Lipinski definition) is 1. The van der Waals surface area contributed by atoms with E-state index in [2.05, 4.69) is 0 Å². The summed E-state index contributed by atoms with van der Waals surface area (Å²) < 4.78 is 23.1. The molecular formula is C37H38FN3O5Si. The number of nitrogens with zero attached hydrogens (tertiary/aromatic N) is 3. The van der Waals surface area contributed by atoms with Gasteiger partial charge in [-0.15, -0.1) is 0 Å². The van der Waals surface area contributed by atoms with Crippen molar-refractivity contribution in [2.24, 2.45) is 5.92 Å². The Labute approximate surface area is 274 Å². The number of amides is 3. The number of halogens is 1. The molecule has 4 aromatic rings. The lowest BCUT2D eigenvalue weighted by Crippen LogP contribution is -2.44. The predicted octanol–water partition coefficient (Wildman–Crippen LogP) is 6.29. The van der Waals surface area contributed by atoms with Crippen molar-refractivity contribution in [3.8, 4) is 0 Å². The van der Waals surface area contributed by atoms with Gasteiger partial charge in [-0.2, -0.15) is 0 Å². The largest absolute Gasteiger partial charge is 0.395 e. The van der Waals surface area contributed by atoms with Crippen LogP contribution in [-0.4, -0.2) is 62.4 Å². The summed E-state index contributed by atoms with van der Waals surface area (Å²) >= 11 is 0. The number of carbonyl (C=O) groups excluding carboxylic acids is 3. The molecule has 10 heteroatoms. The van der Waals surface area contributed by atoms with Crippen LogP contribution in [0, 0.1) is 5.92 Å². The Hall–Kier alpha value is -4.38. The molecule has 0 saturated carbocycles. The second-order valence-corrected chi connectivity index (χ2v) is 17.2. The summed E-state index contributed by atoms with van der Waals surface area (Å²) in [5.41, 5.74) is 1.86. The smallest absolute Gasteiger partial charge is 0.264 e. The fourth-order valence-electron chi connectivity index (χ4n) is 8.17. The van der Waals surface area contributed by atoms with E-state index in [0.29, 0.717) is 29.0 Å². The molecule has 7 rings (SSSR count). The van der Waals surface area contributed by atoms with Crippen molar-refractivity contribution in [3.05, 3.63) is 102 Å². The average molecular weight is 652 g/mol. The molecular weight excluding hydrogens is 614 g/mol. The molecule has 3 aliphatic rings. The Morgan fingerprint density at radius 2 is 1.72 bits per heavy atom. The first-order valence-electron chi connectivity index (χ1n) is 16.1. The third-order valence-electron chi connectivity index (χ3n) is 10.2. The van der Waals surface area contributed by atoms with Gasteiger partial charge >= 0.3 is 0 Å². The Kier molecular flexibility index (Phi) is 7.57. The summed E-state index contributed by atoms with van der Waals surface area (Å²) in [6.45, 7) is 5.25. The zero-order chi connectivity index (χ0) is 33.2. The number of aliphatic hydroxyl groups is 1. The molecule has 4 atom stereocenters. The third-order valence-corrected chi connectivity index (χ3v) is 12.7. The summed E-state index contributed by atoms with van der Waals surface area (Å²) in [7, 11) is -1.84. The van der Waals surface area contributed by atoms with Gasteiger partial charge in [0.1, 0.15) is 0 Å². The summed E-state index contributed by atoms with van der Waals surface area (Å²) in [5.74, 6) is -1.34. The van der Waals surface area contributed by atoms with Crippen molar-refractivity contribution in [2.45, 2.75) is 50.2 Å². The number of fused-ring (bicyclic) bond motifs is 2. The van der Waals surface area contributed by atoms with Crippen LogP contribution in [0.4, 0.5) is 21.2 Å². The Balaban J connectivity index is 1.27. The standard InChI is InChI=1S/C37H38FN3O5Si/c1-23-34(47(3,4)38)31(21-32(43)40(18-19-42)22-24-10-6-5-7-11-24)46-37(23)28-20-26(16-17-29(28)39(2)36(37)45)41-30-15-9-13-25-12-8-14-27(33(25)30)35(41)44/h5-17,20,23,31,34,42H,18-19,21-22H2,1-4H3/t23-,31+,34-,37+/m0/s1. The molecule has 4 aromatic carbocycles. The second kappa shape index (κ2) is 11.4. The molecule has 3 heterocycles. The highest BCUT2D eigenvalue weighted by molar-refractivity contribution is 6.72. The highest BCUT2D eigenvalue weighted by Gasteiger charge is 2.66. The summed E-state index contributed by atoms with van der Waals surface area (Å²) in [4.78, 5) is 46.7. The third kappa shape index (κ3) is 4.80. The van der Waals surface area contributed by atoms with E-state index >= 15 is 4.11 Å². The van der Waals surface area contributed by atoms with Crippen LogP contribution in [0.3, 0.4) is 0 Å². The number of likely N-dealkylation sites (N-methyl/N-ethyl adjacent to an activating group) is 1. The van der Waals surface area contributed by atoms with Crippen LogP contribution >= 0.6 is 0 Å². The topological polar surface area (TPSA) is 90.4 Å². The van der Waals surface area contributed by atoms with Gasteiger partial charge in [-0.1, -0.05) is 61.5 Å². The monoisotopic (exact) mass is 651 g/mol. The van der Waals surface area contributed by atoms with Gasteiger partial charge in [-0.25, -0.2) is 0 Å². The molecule has 242 valence electrons. The van der Waals surface area contributed by atoms with Crippen LogP contribution in [-0.2, 0) is 26.5 Å². The maximum atomic E-state index is 16.3. The van der Waals surface area contributed by atoms with Gasteiger partial charge in [0.2, 0.25) is 14.3 Å². The predicted molar refractivity (Wildman–Crippen MR) is 182 cm³/mol. The minimum atomic E-state index is -3.52. The first-order chi connectivity index (χ1) is 22.5. The minimum absolute atomic E-state index is 0.120. The van der Waals surface area contributed by atoms with Crippen molar-refractivity contribution in [3.63, 3.8) is 0 Å². The molecule has 1 fully saturated rings. The molecule has 47 heavy (non-hydrogen) atoms. The normalized spacial score (nSPS) is 23.3. The Morgan fingerprint density at radius 1 is 1.00 bits per heavy atom. The maximum Gasteiger partial charge on any atom is 0.264 e. The van der Waals surface area contributed by atoms with Crippen molar-refractivity contribution < 1.29 is 28.3 Å². The molecule has 8 nitrogen and oxygen atoms in total. The van der Waals surface area contributed by atoms with Gasteiger partial charge < -0.3 is 23.8 Å². The average Bonchev–Trinajstić information content (AvgIpc) is 3.59. The van der Waals surface area contributed by atoms with E-state index in [0.717, 1.165) is 22.0 Å². The van der Waals surface area contributed by atoms with Gasteiger partial charge in [0.15, 0.2) is 5.60 Å². The molecule has 1 spiro atoms. The first-order valence-corrected chi connectivity index (χ1v) is 19.0. The molecule has 1 N–H and O–H groups in total. The highest BCUT2D eigenvalue weighted by atomic mass is 28.4. The first kappa shape index (κ1) is 31.2. The SMILES string of the molecule is C[C@H]1[C@H]([Si](C)(C)F)[C@@H](CC(=O)N(CCO)Cc2ccccc2)O[C@]12C(=O)N(C)c1ccc(N3C(=O)c4cccc5cccc3c45)cc12. The van der Waals surface area contributed by atoms with E-state index in [1.807, 2.05) is 91.9 Å². The fraction of sp³-hybridized carbons (Fsp3) is 0.324. The summed E-state index contributed by atoms with van der Waals surface area (Å²) in [6.07, 6.45) is -0.989. The number of anilines is 3. The van der Waals surface area contributed by atoms with Crippen LogP contribution in [0.25, 0.3) is 10.8 Å². The number of hydrogen-bond acceptors (Lipinski definition) is 5. The van der Waals surface area contributed by atoms with E-state index in [1.54, 1.807) is 34.8 Å². The molecule has 3 aliphatic heterocycles. The molecule has 0 aliphatic carbocycles. The van der Waals surface area contributed by atoms with Crippen LogP contribution < -0.4 is 9.80 Å². The van der Waals surface area contributed by atoms with Gasteiger partial charge in [0, 0.05) is 48.2 Å². The van der Waals surface area contributed by atoms with Crippen molar-refractivity contribution in [2.75, 3.05) is 30.0 Å². The number of aliphatic hydroxyl groups excluding tert-OH is 1. The van der Waals surface area contributed by atoms with Crippen LogP contribution in [0.5, 0.6) is 0 Å². The van der Waals surface area contributed by atoms with E-state index < -0.39 is 31.6 Å². The molecule has 1 saturated heterocycles. The van der Waals surface area contributed by atoms with Crippen LogP contribution in [0.2, 0.25) is 18.6 Å². The zero-order valence-corrected chi connectivity index (χ0v) is 27.9. The molecule has 0 unspecified atom stereocenters. The van der Waals surface area contributed by atoms with E-state index in [9.17, 15) is 19.5 Å². The van der Waals surface area contributed by atoms with Gasteiger partial charge in [-0.3, -0.25) is 19.3 Å². The van der Waals surface area contributed by atoms with Gasteiger partial charge in [-0.05, 0) is 54.4 Å². The summed E-state index contributed by atoms with van der Waals surface area (Å²) in [6, 6.07) is 26.4. The fourth-order valence-corrected chi connectivity index (χ4v) is 10.7. The molecule has 0 aromatic heterocycles. The van der Waals surface area contributed by atoms with Crippen molar-refractivity contribution >= 4 is 54.0 Å². The van der Waals surface area contributed by atoms with Crippen LogP contribution in [0.1, 0.15) is 34.8 Å². The van der Waals surface area contributed by atoms with E-state index in [1.165, 1.54) is 0 Å². The lowest BCUT2D eigenvalue weighted by molar-refractivity contribution is -0.149. The minimum Gasteiger partial charge on any atom is -0.395 e. The van der Waals surface area contributed by atoms with Crippen molar-refractivity contribution in [1.82, 2.24) is 4.90 Å². The highest BCUT2D eigenvalue weighted by Crippen LogP contribution is 2.60. The number of rotatable bonds is 8. The van der Waals surface area contributed by atoms with Gasteiger partial charge in [0.05, 0.1) is 36.1 Å². The van der Waals surface area contributed by atoms with E-state index in [4.69, 9.17) is 4.74 Å². The van der Waals surface area contributed by atoms with Gasteiger partial charge in [0.25, 0.3) is 11.8 Å². The number of ether oxygens (including phenoxy) is 1. The number of benzene rings is 4. The Morgan fingerprint density at radius 3 is 2.43 bits per heavy atom. The molecule has 3 amide bonds. The second-order valence-electron chi connectivity index (χ2n) is 13.4. The zero-order valence-electron chi connectivity index (χ0n) is 26.9. The van der Waals surface area contributed by atoms with Crippen molar-refractivity contribution in [1.29, 1.82) is 0 Å². The molecule has 0 radical (unpaired) electrons. The molecule has 0 bridgehead atoms. The maximum absolute atomic E-state index is 16.3.